The zero-order valence-electron chi connectivity index (χ0n) is 13.1. The van der Waals surface area contributed by atoms with Crippen molar-refractivity contribution in [2.75, 3.05) is 26.7 Å². The van der Waals surface area contributed by atoms with Crippen LogP contribution >= 0.6 is 0 Å². The van der Waals surface area contributed by atoms with Gasteiger partial charge in [-0.1, -0.05) is 6.07 Å². The predicted octanol–water partition coefficient (Wildman–Crippen LogP) is 0.838. The van der Waals surface area contributed by atoms with Crippen LogP contribution in [-0.2, 0) is 16.1 Å². The van der Waals surface area contributed by atoms with Gasteiger partial charge in [0.05, 0.1) is 0 Å². The maximum absolute atomic E-state index is 13.3. The Bertz CT molecular complexity index is 652. The second-order valence-electron chi connectivity index (χ2n) is 6.16. The molecule has 2 fully saturated rings. The summed E-state index contributed by atoms with van der Waals surface area (Å²) in [7, 11) is 1.64. The third-order valence-corrected chi connectivity index (χ3v) is 4.71. The van der Waals surface area contributed by atoms with Crippen LogP contribution < -0.4 is 0 Å². The fraction of sp³-hybridized carbons (Fsp3) is 0.500. The number of piperazine rings is 2. The standard InChI is InChI=1S/C16H19F2N3O2/c1-10-15(22)21-6-5-20(9-14(21)16(23)19(10)2)8-11-3-4-12(17)13(18)7-11/h3-4,7,10,14H,5-6,8-9H2,1-2H3/t10-,14+/m0/s1. The number of benzene rings is 1. The highest BCUT2D eigenvalue weighted by molar-refractivity contribution is 5.96. The Morgan fingerprint density at radius 3 is 2.57 bits per heavy atom. The molecule has 0 bridgehead atoms. The number of likely N-dealkylation sites (N-methyl/N-ethyl adjacent to an activating group) is 1. The van der Waals surface area contributed by atoms with Gasteiger partial charge >= 0.3 is 0 Å². The maximum Gasteiger partial charge on any atom is 0.247 e. The Morgan fingerprint density at radius 2 is 1.87 bits per heavy atom. The van der Waals surface area contributed by atoms with E-state index in [1.165, 1.54) is 17.0 Å². The first-order chi connectivity index (χ1) is 10.9. The summed E-state index contributed by atoms with van der Waals surface area (Å²) in [5.41, 5.74) is 0.647. The van der Waals surface area contributed by atoms with E-state index in [0.717, 1.165) is 6.07 Å². The van der Waals surface area contributed by atoms with Crippen molar-refractivity contribution in [3.05, 3.63) is 35.4 Å². The van der Waals surface area contributed by atoms with E-state index in [1.54, 1.807) is 18.9 Å². The largest absolute Gasteiger partial charge is 0.332 e. The molecular formula is C16H19F2N3O2. The maximum atomic E-state index is 13.3. The van der Waals surface area contributed by atoms with E-state index in [2.05, 4.69) is 0 Å². The van der Waals surface area contributed by atoms with Gasteiger partial charge in [-0.05, 0) is 24.6 Å². The first-order valence-electron chi connectivity index (χ1n) is 7.62. The Hall–Kier alpha value is -2.02. The molecule has 1 aromatic rings. The lowest BCUT2D eigenvalue weighted by atomic mass is 10.0. The van der Waals surface area contributed by atoms with Gasteiger partial charge in [-0.15, -0.1) is 0 Å². The number of carbonyl (C=O) groups excluding carboxylic acids is 2. The predicted molar refractivity (Wildman–Crippen MR) is 79.4 cm³/mol. The molecular weight excluding hydrogens is 304 g/mol. The van der Waals surface area contributed by atoms with Gasteiger partial charge in [-0.3, -0.25) is 14.5 Å². The van der Waals surface area contributed by atoms with Crippen molar-refractivity contribution in [1.29, 1.82) is 0 Å². The van der Waals surface area contributed by atoms with Crippen LogP contribution in [0, 0.1) is 11.6 Å². The molecule has 23 heavy (non-hydrogen) atoms. The van der Waals surface area contributed by atoms with E-state index >= 15 is 0 Å². The Balaban J connectivity index is 1.72. The Kier molecular flexibility index (Phi) is 4.06. The van der Waals surface area contributed by atoms with Gasteiger partial charge in [0.25, 0.3) is 0 Å². The highest BCUT2D eigenvalue weighted by Crippen LogP contribution is 2.22. The fourth-order valence-corrected chi connectivity index (χ4v) is 3.19. The van der Waals surface area contributed by atoms with E-state index in [-0.39, 0.29) is 11.8 Å². The average molecular weight is 323 g/mol. The van der Waals surface area contributed by atoms with Crippen LogP contribution in [-0.4, -0.2) is 65.3 Å². The molecule has 1 aromatic carbocycles. The third kappa shape index (κ3) is 2.81. The molecule has 0 aromatic heterocycles. The van der Waals surface area contributed by atoms with Crippen molar-refractivity contribution < 1.29 is 18.4 Å². The summed E-state index contributed by atoms with van der Waals surface area (Å²) in [6.45, 7) is 3.62. The third-order valence-electron chi connectivity index (χ3n) is 4.71. The molecule has 2 aliphatic rings. The number of halogens is 2. The Labute approximate surface area is 133 Å². The monoisotopic (exact) mass is 323 g/mol. The molecule has 7 heteroatoms. The summed E-state index contributed by atoms with van der Waals surface area (Å²) in [5, 5.41) is 0. The number of rotatable bonds is 2. The van der Waals surface area contributed by atoms with Crippen molar-refractivity contribution >= 4 is 11.8 Å². The van der Waals surface area contributed by atoms with E-state index in [9.17, 15) is 18.4 Å². The van der Waals surface area contributed by atoms with Crippen LogP contribution in [0.5, 0.6) is 0 Å². The molecule has 2 amide bonds. The summed E-state index contributed by atoms with van der Waals surface area (Å²) >= 11 is 0. The molecule has 0 aliphatic carbocycles. The normalized spacial score (nSPS) is 25.7. The minimum atomic E-state index is -0.876. The van der Waals surface area contributed by atoms with Crippen molar-refractivity contribution in [1.82, 2.24) is 14.7 Å². The number of fused-ring (bicyclic) bond motifs is 1. The molecule has 5 nitrogen and oxygen atoms in total. The lowest BCUT2D eigenvalue weighted by Crippen LogP contribution is -2.68. The van der Waals surface area contributed by atoms with Gasteiger partial charge in [0.1, 0.15) is 12.1 Å². The quantitative estimate of drug-likeness (QED) is 0.810. The smallest absolute Gasteiger partial charge is 0.247 e. The van der Waals surface area contributed by atoms with Crippen molar-refractivity contribution in [2.24, 2.45) is 0 Å². The molecule has 0 spiro atoms. The SMILES string of the molecule is C[C@H]1C(=O)N2CCN(Cc3ccc(F)c(F)c3)C[C@@H]2C(=O)N1C. The van der Waals surface area contributed by atoms with Crippen LogP contribution in [0.15, 0.2) is 18.2 Å². The molecule has 0 saturated carbocycles. The zero-order chi connectivity index (χ0) is 16.7. The van der Waals surface area contributed by atoms with E-state index in [0.29, 0.717) is 31.7 Å². The average Bonchev–Trinajstić information content (AvgIpc) is 2.54. The summed E-state index contributed by atoms with van der Waals surface area (Å²) in [5.74, 6) is -1.86. The number of hydrogen-bond acceptors (Lipinski definition) is 3. The van der Waals surface area contributed by atoms with Gasteiger partial charge < -0.3 is 9.80 Å². The lowest BCUT2D eigenvalue weighted by molar-refractivity contribution is -0.163. The highest BCUT2D eigenvalue weighted by Gasteiger charge is 2.44. The van der Waals surface area contributed by atoms with Crippen molar-refractivity contribution in [2.45, 2.75) is 25.6 Å². The Morgan fingerprint density at radius 1 is 1.13 bits per heavy atom. The minimum Gasteiger partial charge on any atom is -0.332 e. The molecule has 0 unspecified atom stereocenters. The van der Waals surface area contributed by atoms with E-state index in [1.807, 2.05) is 4.90 Å². The van der Waals surface area contributed by atoms with Crippen LogP contribution in [0.3, 0.4) is 0 Å². The second-order valence-corrected chi connectivity index (χ2v) is 6.16. The van der Waals surface area contributed by atoms with Gasteiger partial charge in [-0.25, -0.2) is 8.78 Å². The number of nitrogens with zero attached hydrogens (tertiary/aromatic N) is 3. The highest BCUT2D eigenvalue weighted by atomic mass is 19.2. The van der Waals surface area contributed by atoms with Gasteiger partial charge in [0.15, 0.2) is 11.6 Å². The van der Waals surface area contributed by atoms with Crippen LogP contribution in [0.1, 0.15) is 12.5 Å². The molecule has 2 atom stereocenters. The fourth-order valence-electron chi connectivity index (χ4n) is 3.19. The number of amides is 2. The molecule has 2 saturated heterocycles. The van der Waals surface area contributed by atoms with Crippen molar-refractivity contribution in [3.63, 3.8) is 0 Å². The van der Waals surface area contributed by atoms with Gasteiger partial charge in [0, 0.05) is 33.2 Å². The second kappa shape index (κ2) is 5.88. The molecule has 2 heterocycles. The topological polar surface area (TPSA) is 43.9 Å². The van der Waals surface area contributed by atoms with Crippen molar-refractivity contribution in [3.8, 4) is 0 Å². The zero-order valence-corrected chi connectivity index (χ0v) is 13.1. The number of carbonyl (C=O) groups is 2. The lowest BCUT2D eigenvalue weighted by Gasteiger charge is -2.47. The first-order valence-corrected chi connectivity index (χ1v) is 7.62. The summed E-state index contributed by atoms with van der Waals surface area (Å²) in [6.07, 6.45) is 0. The molecule has 124 valence electrons. The van der Waals surface area contributed by atoms with Gasteiger partial charge in [0.2, 0.25) is 11.8 Å². The molecule has 2 aliphatic heterocycles. The molecule has 0 radical (unpaired) electrons. The minimum absolute atomic E-state index is 0.0374. The van der Waals surface area contributed by atoms with Gasteiger partial charge in [-0.2, -0.15) is 0 Å². The van der Waals surface area contributed by atoms with E-state index in [4.69, 9.17) is 0 Å². The van der Waals surface area contributed by atoms with E-state index < -0.39 is 23.7 Å². The summed E-state index contributed by atoms with van der Waals surface area (Å²) < 4.78 is 26.3. The summed E-state index contributed by atoms with van der Waals surface area (Å²) in [6, 6.07) is 2.88. The first kappa shape index (κ1) is 15.9. The van der Waals surface area contributed by atoms with Crippen LogP contribution in [0.2, 0.25) is 0 Å². The molecule has 0 N–H and O–H groups in total. The van der Waals surface area contributed by atoms with Crippen LogP contribution in [0.4, 0.5) is 8.78 Å². The summed E-state index contributed by atoms with van der Waals surface area (Å²) in [4.78, 5) is 29.8. The van der Waals surface area contributed by atoms with Crippen LogP contribution in [0.25, 0.3) is 0 Å². The molecule has 3 rings (SSSR count). The number of hydrogen-bond donors (Lipinski definition) is 0.